The third kappa shape index (κ3) is 58.9. The number of allylic oxidation sites excluding steroid dienone is 20. The van der Waals surface area contributed by atoms with Crippen LogP contribution in [0.15, 0.2) is 122 Å². The molecule has 0 spiro atoms. The number of carbonyl (C=O) groups excluding carboxylic acids is 2. The van der Waals surface area contributed by atoms with E-state index < -0.39 is 6.10 Å². The van der Waals surface area contributed by atoms with Crippen molar-refractivity contribution < 1.29 is 23.8 Å². The Hall–Kier alpha value is -3.70. The van der Waals surface area contributed by atoms with Crippen molar-refractivity contribution in [3.05, 3.63) is 122 Å². The first-order valence-electron chi connectivity index (χ1n) is 30.1. The van der Waals surface area contributed by atoms with Crippen LogP contribution < -0.4 is 0 Å². The highest BCUT2D eigenvalue weighted by atomic mass is 16.6. The van der Waals surface area contributed by atoms with Crippen LogP contribution >= 0.6 is 0 Å². The highest BCUT2D eigenvalue weighted by molar-refractivity contribution is 5.70. The van der Waals surface area contributed by atoms with E-state index in [1.165, 1.54) is 109 Å². The topological polar surface area (TPSA) is 61.8 Å². The molecule has 410 valence electrons. The van der Waals surface area contributed by atoms with E-state index >= 15 is 0 Å². The fourth-order valence-electron chi connectivity index (χ4n) is 7.99. The van der Waals surface area contributed by atoms with Crippen LogP contribution in [0.4, 0.5) is 0 Å². The average Bonchev–Trinajstić information content (AvgIpc) is 3.38. The van der Waals surface area contributed by atoms with Gasteiger partial charge in [0, 0.05) is 19.4 Å². The van der Waals surface area contributed by atoms with E-state index in [-0.39, 0.29) is 25.2 Å². The molecule has 0 aromatic carbocycles. The standard InChI is InChI=1S/C67H112O5/c1-4-7-10-13-16-19-22-25-28-31-34-36-39-42-45-48-51-54-57-60-66(68)71-64-65(63-70-62-59-56-53-50-47-44-41-38-33-30-27-24-21-18-15-12-9-6-3)72-67(69)61-58-55-52-49-46-43-40-37-35-32-29-26-23-20-17-14-11-8-5-2/h9,12,16-21,25-30,34-38,41,65H,4-8,10-11,13-15,22-24,31-33,39-40,42-64H2,1-3H3/b12-9-,19-16-,20-17-,21-18-,28-25-,29-26-,30-27-,36-34-,37-35-,41-38-. The van der Waals surface area contributed by atoms with Gasteiger partial charge in [-0.3, -0.25) is 9.59 Å². The second-order valence-corrected chi connectivity index (χ2v) is 19.5. The average molecular weight is 998 g/mol. The van der Waals surface area contributed by atoms with Crippen LogP contribution in [0, 0.1) is 0 Å². The van der Waals surface area contributed by atoms with Gasteiger partial charge < -0.3 is 14.2 Å². The first kappa shape index (κ1) is 68.3. The van der Waals surface area contributed by atoms with E-state index in [9.17, 15) is 9.59 Å². The van der Waals surface area contributed by atoms with Gasteiger partial charge in [-0.15, -0.1) is 0 Å². The van der Waals surface area contributed by atoms with Crippen LogP contribution in [0.1, 0.15) is 265 Å². The van der Waals surface area contributed by atoms with Gasteiger partial charge in [0.2, 0.25) is 0 Å². The normalized spacial score (nSPS) is 13.1. The largest absolute Gasteiger partial charge is 0.462 e. The Labute approximate surface area is 446 Å². The zero-order valence-electron chi connectivity index (χ0n) is 47.2. The van der Waals surface area contributed by atoms with Gasteiger partial charge in [-0.05, 0) is 135 Å². The van der Waals surface area contributed by atoms with Gasteiger partial charge in [-0.1, -0.05) is 239 Å². The number of rotatable bonds is 54. The molecular weight excluding hydrogens is 885 g/mol. The summed E-state index contributed by atoms with van der Waals surface area (Å²) in [4.78, 5) is 25.6. The maximum Gasteiger partial charge on any atom is 0.306 e. The smallest absolute Gasteiger partial charge is 0.306 e. The molecule has 0 radical (unpaired) electrons. The summed E-state index contributed by atoms with van der Waals surface area (Å²) in [6.45, 7) is 7.60. The minimum Gasteiger partial charge on any atom is -0.462 e. The molecule has 0 saturated carbocycles. The van der Waals surface area contributed by atoms with Crippen LogP contribution in [0.3, 0.4) is 0 Å². The summed E-state index contributed by atoms with van der Waals surface area (Å²) in [5, 5.41) is 0. The molecule has 0 aliphatic heterocycles. The Balaban J connectivity index is 4.40. The minimum absolute atomic E-state index is 0.0582. The number of hydrogen-bond acceptors (Lipinski definition) is 5. The molecule has 5 nitrogen and oxygen atoms in total. The molecule has 5 heteroatoms. The van der Waals surface area contributed by atoms with Gasteiger partial charge in [-0.2, -0.15) is 0 Å². The summed E-state index contributed by atoms with van der Waals surface area (Å²) in [6, 6.07) is 0. The molecule has 0 aliphatic carbocycles. The zero-order chi connectivity index (χ0) is 52.0. The maximum atomic E-state index is 12.9. The van der Waals surface area contributed by atoms with Crippen molar-refractivity contribution in [2.45, 2.75) is 271 Å². The Morgan fingerprint density at radius 3 is 1.00 bits per heavy atom. The molecule has 0 aliphatic rings. The predicted octanol–water partition coefficient (Wildman–Crippen LogP) is 20.9. The van der Waals surface area contributed by atoms with E-state index in [2.05, 4.69) is 142 Å². The highest BCUT2D eigenvalue weighted by Crippen LogP contribution is 2.14. The van der Waals surface area contributed by atoms with Crippen LogP contribution in [-0.4, -0.2) is 37.9 Å². The van der Waals surface area contributed by atoms with Crippen molar-refractivity contribution in [2.24, 2.45) is 0 Å². The summed E-state index contributed by atoms with van der Waals surface area (Å²) in [5.74, 6) is -0.439. The van der Waals surface area contributed by atoms with Crippen LogP contribution in [-0.2, 0) is 23.8 Å². The Bertz CT molecular complexity index is 1450. The van der Waals surface area contributed by atoms with Gasteiger partial charge in [0.25, 0.3) is 0 Å². The van der Waals surface area contributed by atoms with Crippen molar-refractivity contribution in [3.8, 4) is 0 Å². The van der Waals surface area contributed by atoms with Gasteiger partial charge in [0.15, 0.2) is 6.10 Å². The molecule has 0 aromatic heterocycles. The molecule has 0 rings (SSSR count). The summed E-state index contributed by atoms with van der Waals surface area (Å²) in [6.07, 6.45) is 86.4. The monoisotopic (exact) mass is 997 g/mol. The summed E-state index contributed by atoms with van der Waals surface area (Å²) in [7, 11) is 0. The quantitative estimate of drug-likeness (QED) is 0.0345. The summed E-state index contributed by atoms with van der Waals surface area (Å²) < 4.78 is 17.5. The van der Waals surface area contributed by atoms with Gasteiger partial charge in [-0.25, -0.2) is 0 Å². The number of ether oxygens (including phenoxy) is 3. The minimum atomic E-state index is -0.569. The van der Waals surface area contributed by atoms with Crippen molar-refractivity contribution in [1.82, 2.24) is 0 Å². The molecule has 0 heterocycles. The molecule has 0 N–H and O–H groups in total. The Kier molecular flexibility index (Phi) is 58.4. The molecule has 72 heavy (non-hydrogen) atoms. The molecule has 0 bridgehead atoms. The van der Waals surface area contributed by atoms with Gasteiger partial charge in [0.1, 0.15) is 6.61 Å². The first-order valence-corrected chi connectivity index (χ1v) is 30.1. The lowest BCUT2D eigenvalue weighted by Gasteiger charge is -2.18. The molecule has 0 aromatic rings. The fraction of sp³-hybridized carbons (Fsp3) is 0.672. The number of esters is 2. The lowest BCUT2D eigenvalue weighted by atomic mass is 10.1. The fourth-order valence-corrected chi connectivity index (χ4v) is 7.99. The second kappa shape index (κ2) is 61.6. The van der Waals surface area contributed by atoms with Crippen LogP contribution in [0.5, 0.6) is 0 Å². The van der Waals surface area contributed by atoms with E-state index in [0.29, 0.717) is 19.4 Å². The van der Waals surface area contributed by atoms with Crippen LogP contribution in [0.25, 0.3) is 0 Å². The summed E-state index contributed by atoms with van der Waals surface area (Å²) >= 11 is 0. The lowest BCUT2D eigenvalue weighted by molar-refractivity contribution is -0.163. The second-order valence-electron chi connectivity index (χ2n) is 19.5. The molecule has 0 saturated heterocycles. The lowest BCUT2D eigenvalue weighted by Crippen LogP contribution is -2.30. The highest BCUT2D eigenvalue weighted by Gasteiger charge is 2.17. The molecular formula is C67H112O5. The summed E-state index contributed by atoms with van der Waals surface area (Å²) in [5.41, 5.74) is 0. The van der Waals surface area contributed by atoms with Crippen molar-refractivity contribution >= 4 is 11.9 Å². The molecule has 0 fully saturated rings. The molecule has 1 unspecified atom stereocenters. The first-order chi connectivity index (χ1) is 35.6. The number of unbranched alkanes of at least 4 members (excludes halogenated alkanes) is 23. The van der Waals surface area contributed by atoms with Crippen molar-refractivity contribution in [2.75, 3.05) is 19.8 Å². The SMILES string of the molecule is CC/C=C\C/C=C\C/C=C\C/C=C\CCCCCCCOCC(COC(=O)CCCCCCCC/C=C\C/C=C\C/C=C\CCCCC)OC(=O)CCCCCCCC/C=C\C/C=C\C/C=C\CCCCC. The maximum absolute atomic E-state index is 12.9. The number of hydrogen-bond donors (Lipinski definition) is 0. The van der Waals surface area contributed by atoms with E-state index in [0.717, 1.165) is 122 Å². The van der Waals surface area contributed by atoms with Gasteiger partial charge in [0.05, 0.1) is 6.61 Å². The Morgan fingerprint density at radius 1 is 0.319 bits per heavy atom. The van der Waals surface area contributed by atoms with Crippen LogP contribution in [0.2, 0.25) is 0 Å². The zero-order valence-corrected chi connectivity index (χ0v) is 47.2. The Morgan fingerprint density at radius 2 is 0.625 bits per heavy atom. The predicted molar refractivity (Wildman–Crippen MR) is 316 cm³/mol. The van der Waals surface area contributed by atoms with E-state index in [1.54, 1.807) is 0 Å². The molecule has 1 atom stereocenters. The number of carbonyl (C=O) groups is 2. The van der Waals surface area contributed by atoms with E-state index in [4.69, 9.17) is 14.2 Å². The van der Waals surface area contributed by atoms with Crippen molar-refractivity contribution in [3.63, 3.8) is 0 Å². The third-order valence-electron chi connectivity index (χ3n) is 12.5. The van der Waals surface area contributed by atoms with E-state index in [1.807, 2.05) is 0 Å². The van der Waals surface area contributed by atoms with Gasteiger partial charge >= 0.3 is 11.9 Å². The third-order valence-corrected chi connectivity index (χ3v) is 12.5. The van der Waals surface area contributed by atoms with Crippen molar-refractivity contribution in [1.29, 1.82) is 0 Å². The molecule has 0 amide bonds.